The van der Waals surface area contributed by atoms with Gasteiger partial charge in [-0.2, -0.15) is 0 Å². The molecule has 0 N–H and O–H groups in total. The first-order chi connectivity index (χ1) is 7.58. The van der Waals surface area contributed by atoms with Gasteiger partial charge in [0.25, 0.3) is 0 Å². The van der Waals surface area contributed by atoms with E-state index < -0.39 is 4.92 Å². The molecular formula is C11H13NO4. The maximum absolute atomic E-state index is 10.5. The van der Waals surface area contributed by atoms with Gasteiger partial charge in [0.1, 0.15) is 11.5 Å². The molecule has 1 rings (SSSR count). The van der Waals surface area contributed by atoms with Crippen molar-refractivity contribution in [3.8, 4) is 11.5 Å². The average molecular weight is 223 g/mol. The molecule has 0 saturated heterocycles. The Morgan fingerprint density at radius 3 is 2.62 bits per heavy atom. The van der Waals surface area contributed by atoms with Gasteiger partial charge in [0.15, 0.2) is 0 Å². The van der Waals surface area contributed by atoms with Gasteiger partial charge in [0, 0.05) is 5.56 Å². The zero-order valence-electron chi connectivity index (χ0n) is 9.23. The van der Waals surface area contributed by atoms with Crippen molar-refractivity contribution < 1.29 is 14.4 Å². The van der Waals surface area contributed by atoms with Crippen molar-refractivity contribution in [3.05, 3.63) is 46.2 Å². The first-order valence-electron chi connectivity index (χ1n) is 4.61. The number of rotatable bonds is 5. The second-order valence-electron chi connectivity index (χ2n) is 3.18. The molecule has 16 heavy (non-hydrogen) atoms. The van der Waals surface area contributed by atoms with Crippen LogP contribution in [0.1, 0.15) is 5.56 Å². The molecule has 0 atom stereocenters. The fraction of sp³-hybridized carbons (Fsp3) is 0.273. The summed E-state index contributed by atoms with van der Waals surface area (Å²) in [5.74, 6) is 1.22. The van der Waals surface area contributed by atoms with E-state index in [9.17, 15) is 10.1 Å². The zero-order valence-corrected chi connectivity index (χ0v) is 9.23. The van der Waals surface area contributed by atoms with E-state index in [0.717, 1.165) is 0 Å². The number of benzene rings is 1. The molecule has 0 aliphatic carbocycles. The number of nitro groups is 1. The Bertz CT molecular complexity index is 414. The number of hydrogen-bond donors (Lipinski definition) is 0. The van der Waals surface area contributed by atoms with Crippen LogP contribution in [0.2, 0.25) is 0 Å². The van der Waals surface area contributed by atoms with Gasteiger partial charge in [-0.25, -0.2) is 0 Å². The summed E-state index contributed by atoms with van der Waals surface area (Å²) in [4.78, 5) is 9.99. The molecule has 0 amide bonds. The van der Waals surface area contributed by atoms with E-state index in [0.29, 0.717) is 17.1 Å². The van der Waals surface area contributed by atoms with Crippen molar-refractivity contribution in [1.82, 2.24) is 0 Å². The smallest absolute Gasteiger partial charge is 0.243 e. The van der Waals surface area contributed by atoms with E-state index in [4.69, 9.17) is 9.47 Å². The van der Waals surface area contributed by atoms with Crippen molar-refractivity contribution in [2.45, 2.75) is 6.42 Å². The molecule has 0 spiro atoms. The van der Waals surface area contributed by atoms with Crippen molar-refractivity contribution in [1.29, 1.82) is 0 Å². The highest BCUT2D eigenvalue weighted by molar-refractivity contribution is 5.41. The van der Waals surface area contributed by atoms with Crippen LogP contribution in [-0.2, 0) is 6.42 Å². The molecule has 0 unspecified atom stereocenters. The molecule has 5 nitrogen and oxygen atoms in total. The second kappa shape index (κ2) is 5.16. The van der Waals surface area contributed by atoms with Crippen LogP contribution in [-0.4, -0.2) is 19.1 Å². The van der Waals surface area contributed by atoms with Gasteiger partial charge in [0.2, 0.25) is 5.70 Å². The summed E-state index contributed by atoms with van der Waals surface area (Å²) in [6.07, 6.45) is 0.132. The third-order valence-electron chi connectivity index (χ3n) is 2.14. The SMILES string of the molecule is C=C(Cc1cc(OC)ccc1OC)[N+](=O)[O-]. The summed E-state index contributed by atoms with van der Waals surface area (Å²) in [6, 6.07) is 5.15. The molecule has 0 heterocycles. The molecule has 0 radical (unpaired) electrons. The summed E-state index contributed by atoms with van der Waals surface area (Å²) in [7, 11) is 3.05. The van der Waals surface area contributed by atoms with Gasteiger partial charge in [0.05, 0.1) is 25.6 Å². The standard InChI is InChI=1S/C11H13NO4/c1-8(12(13)14)6-9-7-10(15-2)4-5-11(9)16-3/h4-5,7H,1,6H2,2-3H3. The van der Waals surface area contributed by atoms with Gasteiger partial charge >= 0.3 is 0 Å². The van der Waals surface area contributed by atoms with Crippen molar-refractivity contribution in [3.63, 3.8) is 0 Å². The normalized spacial score (nSPS) is 9.62. The third-order valence-corrected chi connectivity index (χ3v) is 2.14. The summed E-state index contributed by atoms with van der Waals surface area (Å²) >= 11 is 0. The summed E-state index contributed by atoms with van der Waals surface area (Å²) in [5, 5.41) is 10.5. The maximum Gasteiger partial charge on any atom is 0.243 e. The fourth-order valence-electron chi connectivity index (χ4n) is 1.30. The van der Waals surface area contributed by atoms with Crippen LogP contribution in [0.15, 0.2) is 30.5 Å². The van der Waals surface area contributed by atoms with Crippen LogP contribution in [0.4, 0.5) is 0 Å². The van der Waals surface area contributed by atoms with Crippen molar-refractivity contribution >= 4 is 0 Å². The molecular weight excluding hydrogens is 210 g/mol. The molecule has 86 valence electrons. The Labute approximate surface area is 93.4 Å². The predicted octanol–water partition coefficient (Wildman–Crippen LogP) is 2.04. The monoisotopic (exact) mass is 223 g/mol. The van der Waals surface area contributed by atoms with Crippen LogP contribution >= 0.6 is 0 Å². The van der Waals surface area contributed by atoms with Gasteiger partial charge in [-0.3, -0.25) is 10.1 Å². The highest BCUT2D eigenvalue weighted by atomic mass is 16.6. The lowest BCUT2D eigenvalue weighted by Crippen LogP contribution is -2.02. The number of hydrogen-bond acceptors (Lipinski definition) is 4. The largest absolute Gasteiger partial charge is 0.497 e. The van der Waals surface area contributed by atoms with Crippen molar-refractivity contribution in [2.24, 2.45) is 0 Å². The van der Waals surface area contributed by atoms with E-state index in [1.807, 2.05) is 0 Å². The quantitative estimate of drug-likeness (QED) is 0.566. The van der Waals surface area contributed by atoms with E-state index in [2.05, 4.69) is 6.58 Å². The van der Waals surface area contributed by atoms with E-state index >= 15 is 0 Å². The highest BCUT2D eigenvalue weighted by Gasteiger charge is 2.13. The molecule has 0 aromatic heterocycles. The molecule has 5 heteroatoms. The fourth-order valence-corrected chi connectivity index (χ4v) is 1.30. The molecule has 1 aromatic rings. The van der Waals surface area contributed by atoms with E-state index in [1.54, 1.807) is 18.2 Å². The first-order valence-corrected chi connectivity index (χ1v) is 4.61. The lowest BCUT2D eigenvalue weighted by molar-refractivity contribution is -0.426. The Balaban J connectivity index is 3.00. The average Bonchev–Trinajstić information content (AvgIpc) is 2.28. The predicted molar refractivity (Wildman–Crippen MR) is 59.4 cm³/mol. The van der Waals surface area contributed by atoms with Gasteiger partial charge < -0.3 is 9.47 Å². The molecule has 0 saturated carbocycles. The van der Waals surface area contributed by atoms with Crippen LogP contribution in [0.3, 0.4) is 0 Å². The molecule has 0 fully saturated rings. The Hall–Kier alpha value is -2.04. The Kier molecular flexibility index (Phi) is 3.88. The van der Waals surface area contributed by atoms with Crippen LogP contribution < -0.4 is 9.47 Å². The van der Waals surface area contributed by atoms with Crippen LogP contribution in [0.25, 0.3) is 0 Å². The van der Waals surface area contributed by atoms with Gasteiger partial charge in [-0.1, -0.05) is 0 Å². The third kappa shape index (κ3) is 2.73. The number of ether oxygens (including phenoxy) is 2. The summed E-state index contributed by atoms with van der Waals surface area (Å²) in [6.45, 7) is 3.38. The molecule has 0 aliphatic rings. The summed E-state index contributed by atoms with van der Waals surface area (Å²) in [5.41, 5.74) is 0.607. The lowest BCUT2D eigenvalue weighted by Gasteiger charge is -2.08. The van der Waals surface area contributed by atoms with E-state index in [1.165, 1.54) is 14.2 Å². The minimum Gasteiger partial charge on any atom is -0.497 e. The van der Waals surface area contributed by atoms with Gasteiger partial charge in [-0.15, -0.1) is 0 Å². The molecule has 0 bridgehead atoms. The highest BCUT2D eigenvalue weighted by Crippen LogP contribution is 2.25. The molecule has 1 aromatic carbocycles. The molecule has 0 aliphatic heterocycles. The topological polar surface area (TPSA) is 61.6 Å². The number of nitrogens with zero attached hydrogens (tertiary/aromatic N) is 1. The Morgan fingerprint density at radius 2 is 2.12 bits per heavy atom. The second-order valence-corrected chi connectivity index (χ2v) is 3.18. The van der Waals surface area contributed by atoms with Crippen molar-refractivity contribution in [2.75, 3.05) is 14.2 Å². The van der Waals surface area contributed by atoms with Crippen LogP contribution in [0.5, 0.6) is 11.5 Å². The van der Waals surface area contributed by atoms with Crippen LogP contribution in [0, 0.1) is 10.1 Å². The summed E-state index contributed by atoms with van der Waals surface area (Å²) < 4.78 is 10.1. The lowest BCUT2D eigenvalue weighted by atomic mass is 10.1. The number of methoxy groups -OCH3 is 2. The zero-order chi connectivity index (χ0) is 12.1. The minimum atomic E-state index is -0.501. The van der Waals surface area contributed by atoms with Gasteiger partial charge in [-0.05, 0) is 24.8 Å². The first kappa shape index (κ1) is 12.0. The Morgan fingerprint density at radius 1 is 1.44 bits per heavy atom. The number of allylic oxidation sites excluding steroid dienone is 1. The maximum atomic E-state index is 10.5. The van der Waals surface area contributed by atoms with E-state index in [-0.39, 0.29) is 12.1 Å². The minimum absolute atomic E-state index is 0.0773.